The lowest BCUT2D eigenvalue weighted by Gasteiger charge is -2.45. The second-order valence-corrected chi connectivity index (χ2v) is 8.99. The van der Waals surface area contributed by atoms with E-state index in [-0.39, 0.29) is 5.78 Å². The zero-order valence-electron chi connectivity index (χ0n) is 16.2. The predicted molar refractivity (Wildman–Crippen MR) is 107 cm³/mol. The summed E-state index contributed by atoms with van der Waals surface area (Å²) in [5, 5.41) is 12.2. The highest BCUT2D eigenvalue weighted by Gasteiger charge is 2.75. The number of ketones is 1. The van der Waals surface area contributed by atoms with Crippen LogP contribution in [0.25, 0.3) is 4.85 Å². The standard InChI is InChI=1S/C22H21ClN2O3/c1-7-20(4)15(23)11-13-17(26)21(20,24-5)12-9-8-10-14-16(12)22(28,19(13,2)3)18(27)25(14)6/h7-11,13,28H,1H2,2-4,6H3/t13-,20+,21-,22-/m0/s1. The number of likely N-dealkylation sites (N-methyl/N-ethyl adjacent to an activating group) is 1. The summed E-state index contributed by atoms with van der Waals surface area (Å²) >= 11 is 6.66. The Kier molecular flexibility index (Phi) is 3.47. The third kappa shape index (κ3) is 1.57. The number of carbonyl (C=O) groups excluding carboxylic acids is 2. The first kappa shape index (κ1) is 18.9. The summed E-state index contributed by atoms with van der Waals surface area (Å²) in [5.74, 6) is -1.79. The molecular weight excluding hydrogens is 376 g/mol. The summed E-state index contributed by atoms with van der Waals surface area (Å²) in [6, 6.07) is 5.08. The first-order valence-electron chi connectivity index (χ1n) is 9.05. The molecule has 1 aromatic rings. The normalized spacial score (nSPS) is 37.7. The number of allylic oxidation sites excluding steroid dienone is 1. The van der Waals surface area contributed by atoms with Crippen LogP contribution in [0.5, 0.6) is 0 Å². The lowest BCUT2D eigenvalue weighted by molar-refractivity contribution is -0.157. The molecule has 4 atom stereocenters. The van der Waals surface area contributed by atoms with Crippen LogP contribution in [0.2, 0.25) is 0 Å². The molecule has 6 heteroatoms. The number of Topliss-reactive ketones (excluding diaryl/α,β-unsaturated/α-hetero) is 1. The number of anilines is 1. The maximum absolute atomic E-state index is 13.9. The molecule has 3 aliphatic rings. The zero-order valence-corrected chi connectivity index (χ0v) is 17.0. The highest BCUT2D eigenvalue weighted by molar-refractivity contribution is 6.32. The van der Waals surface area contributed by atoms with E-state index in [0.29, 0.717) is 21.8 Å². The molecule has 0 aromatic heterocycles. The Morgan fingerprint density at radius 3 is 2.54 bits per heavy atom. The van der Waals surface area contributed by atoms with Crippen LogP contribution in [0.15, 0.2) is 42.0 Å². The van der Waals surface area contributed by atoms with Crippen molar-refractivity contribution < 1.29 is 14.7 Å². The van der Waals surface area contributed by atoms with Crippen molar-refractivity contribution in [3.63, 3.8) is 0 Å². The first-order valence-corrected chi connectivity index (χ1v) is 9.43. The van der Waals surface area contributed by atoms with Crippen molar-refractivity contribution >= 4 is 29.0 Å². The maximum Gasteiger partial charge on any atom is 0.329 e. The Morgan fingerprint density at radius 2 is 1.96 bits per heavy atom. The van der Waals surface area contributed by atoms with Crippen LogP contribution >= 0.6 is 11.6 Å². The average Bonchev–Trinajstić information content (AvgIpc) is 2.86. The predicted octanol–water partition coefficient (Wildman–Crippen LogP) is 3.52. The smallest absolute Gasteiger partial charge is 0.329 e. The third-order valence-corrected chi connectivity index (χ3v) is 7.77. The van der Waals surface area contributed by atoms with Crippen molar-refractivity contribution in [2.45, 2.75) is 31.9 Å². The minimum Gasteiger partial charge on any atom is -0.375 e. The van der Waals surface area contributed by atoms with Gasteiger partial charge in [0.25, 0.3) is 5.91 Å². The Hall–Kier alpha value is -2.42. The number of halogens is 1. The van der Waals surface area contributed by atoms with Crippen LogP contribution < -0.4 is 4.90 Å². The lowest BCUT2D eigenvalue weighted by Crippen LogP contribution is -2.57. The minimum atomic E-state index is -1.96. The van der Waals surface area contributed by atoms with Crippen molar-refractivity contribution in [2.75, 3.05) is 11.9 Å². The second-order valence-electron chi connectivity index (χ2n) is 8.58. The molecule has 0 radical (unpaired) electrons. The van der Waals surface area contributed by atoms with E-state index in [1.165, 1.54) is 11.0 Å². The van der Waals surface area contributed by atoms with Gasteiger partial charge in [-0.05, 0) is 19.1 Å². The third-order valence-electron chi connectivity index (χ3n) is 7.26. The van der Waals surface area contributed by atoms with Crippen molar-refractivity contribution in [1.82, 2.24) is 0 Å². The number of benzene rings is 1. The molecule has 2 aliphatic carbocycles. The zero-order chi connectivity index (χ0) is 20.9. The Balaban J connectivity index is 2.31. The number of hydrogen-bond donors (Lipinski definition) is 1. The molecule has 1 heterocycles. The Bertz CT molecular complexity index is 1050. The summed E-state index contributed by atoms with van der Waals surface area (Å²) < 4.78 is 0. The van der Waals surface area contributed by atoms with E-state index in [1.54, 1.807) is 52.1 Å². The number of carbonyl (C=O) groups is 2. The summed E-state index contributed by atoms with van der Waals surface area (Å²) in [6.07, 6.45) is 3.11. The second kappa shape index (κ2) is 5.14. The summed E-state index contributed by atoms with van der Waals surface area (Å²) in [5.41, 5.74) is -4.92. The molecule has 4 rings (SSSR count). The number of fused-ring (bicyclic) bond motifs is 3. The van der Waals surface area contributed by atoms with Crippen molar-refractivity contribution in [3.8, 4) is 0 Å². The molecule has 1 aliphatic heterocycles. The molecule has 0 spiro atoms. The van der Waals surface area contributed by atoms with Gasteiger partial charge in [0.15, 0.2) is 5.60 Å². The molecule has 5 nitrogen and oxygen atoms in total. The van der Waals surface area contributed by atoms with E-state index >= 15 is 0 Å². The van der Waals surface area contributed by atoms with Crippen LogP contribution in [0.4, 0.5) is 5.69 Å². The van der Waals surface area contributed by atoms with E-state index in [2.05, 4.69) is 11.4 Å². The molecule has 144 valence electrons. The fourth-order valence-electron chi connectivity index (χ4n) is 5.26. The topological polar surface area (TPSA) is 62.0 Å². The minimum absolute atomic E-state index is 0.318. The van der Waals surface area contributed by atoms with E-state index in [1.807, 2.05) is 0 Å². The fourth-order valence-corrected chi connectivity index (χ4v) is 5.60. The van der Waals surface area contributed by atoms with Crippen LogP contribution in [-0.2, 0) is 20.7 Å². The van der Waals surface area contributed by atoms with Gasteiger partial charge in [0.2, 0.25) is 5.78 Å². The van der Waals surface area contributed by atoms with Gasteiger partial charge in [-0.25, -0.2) is 6.57 Å². The molecule has 0 fully saturated rings. The van der Waals surface area contributed by atoms with Crippen LogP contribution in [0.1, 0.15) is 31.9 Å². The Morgan fingerprint density at radius 1 is 1.32 bits per heavy atom. The molecule has 1 N–H and O–H groups in total. The SMILES string of the molecule is [C-]#[N+][C@@]12C(=O)[C@H](C=C(Cl)[C@@]1(C)C=C)C(C)(C)[C@@]1(O)C(=O)N(C)c3cccc2c31. The molecule has 1 aromatic carbocycles. The van der Waals surface area contributed by atoms with E-state index in [4.69, 9.17) is 18.2 Å². The lowest BCUT2D eigenvalue weighted by atomic mass is 9.56. The van der Waals surface area contributed by atoms with Gasteiger partial charge in [-0.1, -0.05) is 43.7 Å². The summed E-state index contributed by atoms with van der Waals surface area (Å²) in [7, 11) is 1.60. The fraction of sp³-hybridized carbons (Fsp3) is 0.409. The van der Waals surface area contributed by atoms with Gasteiger partial charge < -0.3 is 10.0 Å². The van der Waals surface area contributed by atoms with Crippen molar-refractivity contribution in [2.24, 2.45) is 16.7 Å². The number of aliphatic hydroxyl groups is 1. The summed E-state index contributed by atoms with van der Waals surface area (Å²) in [4.78, 5) is 32.4. The quantitative estimate of drug-likeness (QED) is 0.583. The van der Waals surface area contributed by atoms with Crippen LogP contribution in [0, 0.1) is 23.3 Å². The molecule has 1 amide bonds. The molecule has 2 bridgehead atoms. The average molecular weight is 397 g/mol. The molecular formula is C22H21ClN2O3. The largest absolute Gasteiger partial charge is 0.375 e. The van der Waals surface area contributed by atoms with Crippen molar-refractivity contribution in [1.29, 1.82) is 0 Å². The highest BCUT2D eigenvalue weighted by atomic mass is 35.5. The van der Waals surface area contributed by atoms with Gasteiger partial charge >= 0.3 is 5.54 Å². The van der Waals surface area contributed by atoms with Gasteiger partial charge in [-0.15, -0.1) is 6.58 Å². The summed E-state index contributed by atoms with van der Waals surface area (Å²) in [6.45, 7) is 17.1. The van der Waals surface area contributed by atoms with E-state index < -0.39 is 33.8 Å². The van der Waals surface area contributed by atoms with Gasteiger partial charge in [0, 0.05) is 23.1 Å². The first-order chi connectivity index (χ1) is 13.0. The highest BCUT2D eigenvalue weighted by Crippen LogP contribution is 2.66. The molecule has 0 saturated heterocycles. The number of nitrogens with zero attached hydrogens (tertiary/aromatic N) is 2. The van der Waals surface area contributed by atoms with Crippen LogP contribution in [0.3, 0.4) is 0 Å². The van der Waals surface area contributed by atoms with Gasteiger partial charge in [0.1, 0.15) is 5.41 Å². The maximum atomic E-state index is 13.9. The van der Waals surface area contributed by atoms with Gasteiger partial charge in [0.05, 0.1) is 17.2 Å². The van der Waals surface area contributed by atoms with E-state index in [9.17, 15) is 14.7 Å². The van der Waals surface area contributed by atoms with Crippen molar-refractivity contribution in [3.05, 3.63) is 64.5 Å². The Labute approximate surface area is 169 Å². The molecule has 0 saturated carbocycles. The van der Waals surface area contributed by atoms with Gasteiger partial charge in [-0.3, -0.25) is 14.4 Å². The van der Waals surface area contributed by atoms with E-state index in [0.717, 1.165) is 0 Å². The van der Waals surface area contributed by atoms with Crippen LogP contribution in [-0.4, -0.2) is 23.8 Å². The number of amides is 1. The monoisotopic (exact) mass is 396 g/mol. The number of hydrogen-bond acceptors (Lipinski definition) is 3. The number of rotatable bonds is 1. The molecule has 0 unspecified atom stereocenters. The van der Waals surface area contributed by atoms with Gasteiger partial charge in [-0.2, -0.15) is 0 Å². The molecule has 28 heavy (non-hydrogen) atoms.